The smallest absolute Gasteiger partial charge is 0.241 e. The van der Waals surface area contributed by atoms with E-state index in [2.05, 4.69) is 4.90 Å². The molecule has 0 spiro atoms. The number of nitrogens with zero attached hydrogens (tertiary/aromatic N) is 2. The zero-order chi connectivity index (χ0) is 17.2. The largest absolute Gasteiger partial charge is 0.378 e. The molecule has 0 aliphatic carbocycles. The van der Waals surface area contributed by atoms with Crippen molar-refractivity contribution in [1.82, 2.24) is 0 Å². The summed E-state index contributed by atoms with van der Waals surface area (Å²) in [5.74, 6) is -1.09. The zero-order valence-corrected chi connectivity index (χ0v) is 14.1. The van der Waals surface area contributed by atoms with Crippen LogP contribution in [0.25, 0.3) is 0 Å². The van der Waals surface area contributed by atoms with E-state index >= 15 is 0 Å². The topological polar surface area (TPSA) is 59.1 Å². The number of rotatable bonds is 2. The Kier molecular flexibility index (Phi) is 3.12. The molecule has 3 fully saturated rings. The fourth-order valence-corrected chi connectivity index (χ4v) is 4.54. The number of morpholine rings is 1. The van der Waals surface area contributed by atoms with Gasteiger partial charge in [0.25, 0.3) is 0 Å². The van der Waals surface area contributed by atoms with E-state index in [-0.39, 0.29) is 23.8 Å². The van der Waals surface area contributed by atoms with E-state index < -0.39 is 11.5 Å². The Morgan fingerprint density at radius 1 is 1.04 bits per heavy atom. The maximum Gasteiger partial charge on any atom is 0.241 e. The SMILES string of the molecule is C[C@@]12C=C[C@@H](O1)[C@H]1C(=O)N(c3ccc(N4CCOCC4)cc3)C(=O)[C@H]12. The summed E-state index contributed by atoms with van der Waals surface area (Å²) < 4.78 is 11.2. The first-order valence-electron chi connectivity index (χ1n) is 8.76. The second kappa shape index (κ2) is 5.16. The van der Waals surface area contributed by atoms with E-state index in [4.69, 9.17) is 9.47 Å². The van der Waals surface area contributed by atoms with E-state index in [1.807, 2.05) is 43.3 Å². The minimum atomic E-state index is -0.648. The average Bonchev–Trinajstić information content (AvgIpc) is 3.25. The number of hydrogen-bond acceptors (Lipinski definition) is 5. The van der Waals surface area contributed by atoms with Gasteiger partial charge in [0.2, 0.25) is 11.8 Å². The fourth-order valence-electron chi connectivity index (χ4n) is 4.54. The highest BCUT2D eigenvalue weighted by Crippen LogP contribution is 2.52. The molecule has 3 saturated heterocycles. The van der Waals surface area contributed by atoms with Crippen LogP contribution in [0.15, 0.2) is 36.4 Å². The van der Waals surface area contributed by atoms with Gasteiger partial charge in [-0.15, -0.1) is 0 Å². The van der Waals surface area contributed by atoms with E-state index in [0.717, 1.165) is 32.0 Å². The molecule has 0 unspecified atom stereocenters. The number of ether oxygens (including phenoxy) is 2. The Morgan fingerprint density at radius 2 is 1.72 bits per heavy atom. The number of amides is 2. The van der Waals surface area contributed by atoms with Crippen molar-refractivity contribution in [3.05, 3.63) is 36.4 Å². The maximum atomic E-state index is 12.9. The van der Waals surface area contributed by atoms with Gasteiger partial charge in [-0.2, -0.15) is 0 Å². The number of imide groups is 1. The Bertz CT molecular complexity index is 768. The zero-order valence-electron chi connectivity index (χ0n) is 14.1. The van der Waals surface area contributed by atoms with Gasteiger partial charge in [-0.1, -0.05) is 12.2 Å². The summed E-state index contributed by atoms with van der Waals surface area (Å²) in [4.78, 5) is 29.4. The van der Waals surface area contributed by atoms with Gasteiger partial charge in [-0.05, 0) is 31.2 Å². The molecule has 6 heteroatoms. The third-order valence-electron chi connectivity index (χ3n) is 5.81. The van der Waals surface area contributed by atoms with Crippen LogP contribution in [0.1, 0.15) is 6.92 Å². The fraction of sp³-hybridized carbons (Fsp3) is 0.474. The van der Waals surface area contributed by atoms with Crippen molar-refractivity contribution in [3.63, 3.8) is 0 Å². The van der Waals surface area contributed by atoms with Crippen LogP contribution >= 0.6 is 0 Å². The molecule has 4 heterocycles. The lowest BCUT2D eigenvalue weighted by Gasteiger charge is -2.29. The molecule has 2 amide bonds. The highest BCUT2D eigenvalue weighted by molar-refractivity contribution is 6.23. The van der Waals surface area contributed by atoms with Crippen LogP contribution < -0.4 is 9.80 Å². The van der Waals surface area contributed by atoms with Crippen LogP contribution in [-0.4, -0.2) is 49.8 Å². The molecule has 0 aromatic heterocycles. The van der Waals surface area contributed by atoms with Crippen LogP contribution in [0, 0.1) is 11.8 Å². The van der Waals surface area contributed by atoms with E-state index in [0.29, 0.717) is 5.69 Å². The van der Waals surface area contributed by atoms with Crippen molar-refractivity contribution in [2.24, 2.45) is 11.8 Å². The number of carbonyl (C=O) groups excluding carboxylic acids is 2. The van der Waals surface area contributed by atoms with Crippen LogP contribution in [0.3, 0.4) is 0 Å². The summed E-state index contributed by atoms with van der Waals surface area (Å²) in [6.07, 6.45) is 3.57. The molecule has 1 aromatic rings. The van der Waals surface area contributed by atoms with Crippen molar-refractivity contribution in [3.8, 4) is 0 Å². The predicted octanol–water partition coefficient (Wildman–Crippen LogP) is 1.36. The lowest BCUT2D eigenvalue weighted by Crippen LogP contribution is -2.38. The van der Waals surface area contributed by atoms with Gasteiger partial charge in [-0.3, -0.25) is 9.59 Å². The minimum absolute atomic E-state index is 0.146. The summed E-state index contributed by atoms with van der Waals surface area (Å²) in [7, 11) is 0. The Morgan fingerprint density at radius 3 is 2.40 bits per heavy atom. The normalized spacial score (nSPS) is 36.4. The van der Waals surface area contributed by atoms with Crippen molar-refractivity contribution in [1.29, 1.82) is 0 Å². The van der Waals surface area contributed by atoms with E-state index in [1.54, 1.807) is 0 Å². The number of benzene rings is 1. The van der Waals surface area contributed by atoms with Gasteiger partial charge in [0, 0.05) is 18.8 Å². The second-order valence-corrected chi connectivity index (χ2v) is 7.26. The summed E-state index contributed by atoms with van der Waals surface area (Å²) in [5, 5.41) is 0. The van der Waals surface area contributed by atoms with Crippen LogP contribution in [0.5, 0.6) is 0 Å². The van der Waals surface area contributed by atoms with E-state index in [1.165, 1.54) is 4.90 Å². The molecule has 25 heavy (non-hydrogen) atoms. The highest BCUT2D eigenvalue weighted by Gasteiger charge is 2.66. The molecule has 0 N–H and O–H groups in total. The Hall–Kier alpha value is -2.18. The van der Waals surface area contributed by atoms with Gasteiger partial charge in [-0.25, -0.2) is 4.90 Å². The number of anilines is 2. The summed E-state index contributed by atoms with van der Waals surface area (Å²) in [5.41, 5.74) is 1.08. The summed E-state index contributed by atoms with van der Waals surface area (Å²) in [6.45, 7) is 5.05. The van der Waals surface area contributed by atoms with Crippen molar-refractivity contribution in [2.75, 3.05) is 36.1 Å². The lowest BCUT2D eigenvalue weighted by atomic mass is 9.78. The Balaban J connectivity index is 1.42. The summed E-state index contributed by atoms with van der Waals surface area (Å²) in [6, 6.07) is 7.67. The maximum absolute atomic E-state index is 12.9. The van der Waals surface area contributed by atoms with Crippen molar-refractivity contribution < 1.29 is 19.1 Å². The lowest BCUT2D eigenvalue weighted by molar-refractivity contribution is -0.126. The van der Waals surface area contributed by atoms with Crippen LogP contribution in [0.2, 0.25) is 0 Å². The predicted molar refractivity (Wildman–Crippen MR) is 91.4 cm³/mol. The molecule has 4 aliphatic heterocycles. The first-order chi connectivity index (χ1) is 12.1. The van der Waals surface area contributed by atoms with E-state index in [9.17, 15) is 9.59 Å². The molecular formula is C19H20N2O4. The molecule has 130 valence electrons. The van der Waals surface area contributed by atoms with Crippen molar-refractivity contribution in [2.45, 2.75) is 18.6 Å². The quantitative estimate of drug-likeness (QED) is 0.601. The molecule has 0 radical (unpaired) electrons. The Labute approximate surface area is 146 Å². The number of hydrogen-bond donors (Lipinski definition) is 0. The third-order valence-corrected chi connectivity index (χ3v) is 5.81. The minimum Gasteiger partial charge on any atom is -0.378 e. The molecule has 1 aromatic carbocycles. The van der Waals surface area contributed by atoms with Gasteiger partial charge in [0.1, 0.15) is 0 Å². The summed E-state index contributed by atoms with van der Waals surface area (Å²) >= 11 is 0. The average molecular weight is 340 g/mol. The first-order valence-corrected chi connectivity index (χ1v) is 8.76. The second-order valence-electron chi connectivity index (χ2n) is 7.26. The van der Waals surface area contributed by atoms with Gasteiger partial charge in [0.15, 0.2) is 0 Å². The molecule has 5 rings (SSSR count). The van der Waals surface area contributed by atoms with Gasteiger partial charge in [0.05, 0.1) is 42.4 Å². The molecule has 4 aliphatic rings. The monoisotopic (exact) mass is 340 g/mol. The first kappa shape index (κ1) is 15.1. The number of fused-ring (bicyclic) bond motifs is 5. The molecule has 2 bridgehead atoms. The van der Waals surface area contributed by atoms with Gasteiger partial charge >= 0.3 is 0 Å². The molecular weight excluding hydrogens is 320 g/mol. The van der Waals surface area contributed by atoms with Crippen LogP contribution in [0.4, 0.5) is 11.4 Å². The molecule has 6 nitrogen and oxygen atoms in total. The highest BCUT2D eigenvalue weighted by atomic mass is 16.5. The van der Waals surface area contributed by atoms with Gasteiger partial charge < -0.3 is 14.4 Å². The molecule has 0 saturated carbocycles. The third kappa shape index (κ3) is 2.04. The molecule has 4 atom stereocenters. The van der Waals surface area contributed by atoms with Crippen molar-refractivity contribution >= 4 is 23.2 Å². The number of carbonyl (C=O) groups is 2. The van der Waals surface area contributed by atoms with Crippen LogP contribution in [-0.2, 0) is 19.1 Å². The standard InChI is InChI=1S/C19H20N2O4/c1-19-7-6-14(25-19)15-16(19)18(23)21(17(15)22)13-4-2-12(3-5-13)20-8-10-24-11-9-20/h2-7,14-16H,8-11H2,1H3/t14-,15-,16+,19+/m1/s1.